The summed E-state index contributed by atoms with van der Waals surface area (Å²) in [5.41, 5.74) is 0. The van der Waals surface area contributed by atoms with Gasteiger partial charge < -0.3 is 25.2 Å². The van der Waals surface area contributed by atoms with Crippen LogP contribution >= 0.6 is 21.6 Å². The largest absolute Gasteiger partial charge is 0.464 e. The molecule has 0 amide bonds. The third kappa shape index (κ3) is 60.3. The second-order valence-corrected chi connectivity index (χ2v) is 29.8. The molecule has 1 aliphatic rings. The Kier molecular flexibility index (Phi) is 65.7. The Balaban J connectivity index is 2.40. The lowest BCUT2D eigenvalue weighted by molar-refractivity contribution is -0.144. The highest BCUT2D eigenvalue weighted by Gasteiger charge is 2.20. The predicted molar refractivity (Wildman–Crippen MR) is 388 cm³/mol. The van der Waals surface area contributed by atoms with Crippen molar-refractivity contribution in [3.05, 3.63) is 24.3 Å². The predicted octanol–water partition coefficient (Wildman–Crippen LogP) is 19.5. The van der Waals surface area contributed by atoms with E-state index in [2.05, 4.69) is 71.6 Å². The first-order chi connectivity index (χ1) is 43.2. The van der Waals surface area contributed by atoms with Crippen molar-refractivity contribution in [1.82, 2.24) is 19.6 Å². The van der Waals surface area contributed by atoms with Gasteiger partial charge in [0, 0.05) is 83.4 Å². The van der Waals surface area contributed by atoms with Gasteiger partial charge in [-0.25, -0.2) is 0 Å². The van der Waals surface area contributed by atoms with Gasteiger partial charge in [0.2, 0.25) is 0 Å². The highest BCUT2D eigenvalue weighted by Crippen LogP contribution is 2.23. The number of unbranched alkanes of at least 4 members (excludes halogenated alkanes) is 35. The van der Waals surface area contributed by atoms with Crippen LogP contribution in [0.3, 0.4) is 0 Å². The molecule has 4 unspecified atom stereocenters. The number of aliphatic hydroxyl groups is 4. The van der Waals surface area contributed by atoms with Crippen LogP contribution in [0.2, 0.25) is 0 Å². The van der Waals surface area contributed by atoms with Gasteiger partial charge in [-0.3, -0.25) is 24.4 Å². The van der Waals surface area contributed by atoms with Crippen molar-refractivity contribution in [3.8, 4) is 0 Å². The topological polar surface area (TPSA) is 120 Å². The van der Waals surface area contributed by atoms with Gasteiger partial charge in [-0.05, 0) is 109 Å². The van der Waals surface area contributed by atoms with Crippen molar-refractivity contribution in [2.45, 2.75) is 360 Å². The van der Waals surface area contributed by atoms with Gasteiger partial charge in [-0.2, -0.15) is 0 Å². The molecule has 10 nitrogen and oxygen atoms in total. The molecular weight excluding hydrogens is 1130 g/mol. The molecule has 0 spiro atoms. The minimum absolute atomic E-state index is 0.118. The Morgan fingerprint density at radius 2 is 0.670 bits per heavy atom. The SMILES string of the molecule is CCCCCCCC/C=C\CCCCCCC(O)CN(CCCCC(=O)OCCN1CCN(CCSSCCCN(CC(O)CCCCCCCCCC)CC(O)CCCCCCCCCC)CC1)CC(O)CCCCCC/C=C\CCCCCCCC. The van der Waals surface area contributed by atoms with Crippen LogP contribution in [0.5, 0.6) is 0 Å². The molecule has 1 heterocycles. The van der Waals surface area contributed by atoms with E-state index in [4.69, 9.17) is 4.74 Å². The fourth-order valence-electron chi connectivity index (χ4n) is 12.5. The number of hydrogen-bond donors (Lipinski definition) is 4. The molecule has 12 heteroatoms. The van der Waals surface area contributed by atoms with Crippen molar-refractivity contribution in [1.29, 1.82) is 0 Å². The lowest BCUT2D eigenvalue weighted by atomic mass is 10.0. The van der Waals surface area contributed by atoms with E-state index in [1.165, 1.54) is 205 Å². The molecule has 1 saturated heterocycles. The number of hydrogen-bond acceptors (Lipinski definition) is 12. The summed E-state index contributed by atoms with van der Waals surface area (Å²) >= 11 is 0. The molecular formula is C76H150N4O6S2. The monoisotopic (exact) mass is 1280 g/mol. The molecule has 4 atom stereocenters. The summed E-state index contributed by atoms with van der Waals surface area (Å²) in [4.78, 5) is 22.5. The lowest BCUT2D eigenvalue weighted by Crippen LogP contribution is -2.47. The number of allylic oxidation sites excluding steroid dienone is 4. The van der Waals surface area contributed by atoms with E-state index in [1.54, 1.807) is 0 Å². The zero-order chi connectivity index (χ0) is 63.7. The molecule has 1 rings (SSSR count). The van der Waals surface area contributed by atoms with Gasteiger partial charge in [0.25, 0.3) is 0 Å². The molecule has 0 radical (unpaired) electrons. The Morgan fingerprint density at radius 1 is 0.375 bits per heavy atom. The third-order valence-electron chi connectivity index (χ3n) is 18.3. The van der Waals surface area contributed by atoms with Crippen molar-refractivity contribution in [3.63, 3.8) is 0 Å². The molecule has 0 aromatic carbocycles. The van der Waals surface area contributed by atoms with E-state index in [0.717, 1.165) is 160 Å². The van der Waals surface area contributed by atoms with Crippen LogP contribution in [0.25, 0.3) is 0 Å². The minimum Gasteiger partial charge on any atom is -0.464 e. The second-order valence-electron chi connectivity index (χ2n) is 27.1. The van der Waals surface area contributed by atoms with E-state index in [-0.39, 0.29) is 18.2 Å². The number of esters is 1. The van der Waals surface area contributed by atoms with Crippen molar-refractivity contribution >= 4 is 27.6 Å². The Morgan fingerprint density at radius 3 is 1.02 bits per heavy atom. The summed E-state index contributed by atoms with van der Waals surface area (Å²) in [6, 6.07) is 0. The summed E-state index contributed by atoms with van der Waals surface area (Å²) in [5, 5.41) is 44.4. The van der Waals surface area contributed by atoms with Crippen LogP contribution in [0, 0.1) is 0 Å². The van der Waals surface area contributed by atoms with E-state index in [9.17, 15) is 25.2 Å². The van der Waals surface area contributed by atoms with E-state index in [0.29, 0.717) is 39.2 Å². The van der Waals surface area contributed by atoms with Crippen LogP contribution in [0.15, 0.2) is 24.3 Å². The maximum absolute atomic E-state index is 12.9. The fourth-order valence-corrected chi connectivity index (χ4v) is 14.6. The molecule has 1 fully saturated rings. The van der Waals surface area contributed by atoms with Crippen LogP contribution in [-0.4, -0.2) is 167 Å². The minimum atomic E-state index is -0.400. The van der Waals surface area contributed by atoms with Gasteiger partial charge in [0.1, 0.15) is 6.61 Å². The first-order valence-electron chi connectivity index (χ1n) is 38.5. The Hall–Kier alpha value is -0.670. The molecule has 0 aliphatic carbocycles. The normalized spacial score (nSPS) is 15.0. The lowest BCUT2D eigenvalue weighted by Gasteiger charge is -2.34. The summed E-state index contributed by atoms with van der Waals surface area (Å²) in [5.74, 6) is 2.07. The van der Waals surface area contributed by atoms with E-state index < -0.39 is 12.2 Å². The van der Waals surface area contributed by atoms with Crippen molar-refractivity contribution in [2.24, 2.45) is 0 Å². The standard InChI is InChI=1S/C76H150N4O6S2/c1-5-9-13-17-21-25-27-29-31-33-35-39-43-47-52-72(81)68-79(69-73(82)53-48-44-40-36-34-32-30-28-26-22-18-14-10-6-2)57-50-49-56-76(85)86-65-63-77-59-61-78(62-60-77)64-67-88-87-66-51-58-80(70-74(83)54-45-41-37-23-19-15-11-7-3)71-75(84)55-46-42-38-24-20-16-12-8-4/h29-32,72-75,81-84H,5-28,33-71H2,1-4H3/b31-29-,32-30-. The Labute approximate surface area is 555 Å². The molecule has 4 N–H and O–H groups in total. The number of piperazine rings is 1. The van der Waals surface area contributed by atoms with Crippen LogP contribution in [0.4, 0.5) is 0 Å². The maximum atomic E-state index is 12.9. The van der Waals surface area contributed by atoms with E-state index >= 15 is 0 Å². The molecule has 0 aromatic heterocycles. The van der Waals surface area contributed by atoms with Crippen molar-refractivity contribution in [2.75, 3.05) is 96.6 Å². The van der Waals surface area contributed by atoms with Gasteiger partial charge >= 0.3 is 5.97 Å². The fraction of sp³-hybridized carbons (Fsp3) is 0.934. The Bertz CT molecular complexity index is 1400. The smallest absolute Gasteiger partial charge is 0.305 e. The zero-order valence-electron chi connectivity index (χ0n) is 58.9. The van der Waals surface area contributed by atoms with Gasteiger partial charge in [-0.1, -0.05) is 279 Å². The summed E-state index contributed by atoms with van der Waals surface area (Å²) in [6.45, 7) is 19.7. The first kappa shape index (κ1) is 85.3. The summed E-state index contributed by atoms with van der Waals surface area (Å²) in [6.07, 6.45) is 65.3. The maximum Gasteiger partial charge on any atom is 0.305 e. The average molecular weight is 1280 g/mol. The number of nitrogens with zero attached hydrogens (tertiary/aromatic N) is 4. The molecule has 1 aliphatic heterocycles. The molecule has 0 bridgehead atoms. The molecule has 88 heavy (non-hydrogen) atoms. The van der Waals surface area contributed by atoms with Crippen LogP contribution in [-0.2, 0) is 9.53 Å². The number of ether oxygens (including phenoxy) is 1. The molecule has 522 valence electrons. The average Bonchev–Trinajstić information content (AvgIpc) is 3.71. The number of carbonyl (C=O) groups is 1. The van der Waals surface area contributed by atoms with Crippen LogP contribution in [0.1, 0.15) is 336 Å². The summed E-state index contributed by atoms with van der Waals surface area (Å²) in [7, 11) is 3.95. The quantitative estimate of drug-likeness (QED) is 0.0201. The number of aliphatic hydroxyl groups excluding tert-OH is 4. The molecule has 0 aromatic rings. The molecule has 0 saturated carbocycles. The number of rotatable bonds is 70. The zero-order valence-corrected chi connectivity index (χ0v) is 60.5. The van der Waals surface area contributed by atoms with Gasteiger partial charge in [-0.15, -0.1) is 0 Å². The second kappa shape index (κ2) is 67.7. The van der Waals surface area contributed by atoms with E-state index in [1.807, 2.05) is 21.6 Å². The first-order valence-corrected chi connectivity index (χ1v) is 41.0. The van der Waals surface area contributed by atoms with Crippen molar-refractivity contribution < 1.29 is 30.0 Å². The number of carbonyl (C=O) groups excluding carboxylic acids is 1. The van der Waals surface area contributed by atoms with Gasteiger partial charge in [0.15, 0.2) is 0 Å². The van der Waals surface area contributed by atoms with Crippen LogP contribution < -0.4 is 0 Å². The third-order valence-corrected chi connectivity index (χ3v) is 20.7. The highest BCUT2D eigenvalue weighted by atomic mass is 33.1. The summed E-state index contributed by atoms with van der Waals surface area (Å²) < 4.78 is 5.75. The van der Waals surface area contributed by atoms with Gasteiger partial charge in [0.05, 0.1) is 24.4 Å². The highest BCUT2D eigenvalue weighted by molar-refractivity contribution is 8.76.